The Morgan fingerprint density at radius 3 is 1.95 bits per heavy atom. The number of amides is 4. The van der Waals surface area contributed by atoms with Crippen LogP contribution in [0.5, 0.6) is 0 Å². The van der Waals surface area contributed by atoms with Gasteiger partial charge in [0, 0.05) is 31.2 Å². The Kier molecular flexibility index (Phi) is 20.1. The van der Waals surface area contributed by atoms with Crippen molar-refractivity contribution in [1.29, 1.82) is 0 Å². The van der Waals surface area contributed by atoms with Gasteiger partial charge in [-0.3, -0.25) is 19.2 Å². The molecule has 2 rings (SSSR count). The van der Waals surface area contributed by atoms with Gasteiger partial charge in [0.2, 0.25) is 24.1 Å². The van der Waals surface area contributed by atoms with Gasteiger partial charge in [-0.2, -0.15) is 0 Å². The molecule has 3 atom stereocenters. The first-order valence-electron chi connectivity index (χ1n) is 16.1. The first kappa shape index (κ1) is 39.6. The fourth-order valence-corrected chi connectivity index (χ4v) is 4.88. The third-order valence-electron chi connectivity index (χ3n) is 7.56. The predicted molar refractivity (Wildman–Crippen MR) is 173 cm³/mol. The minimum absolute atomic E-state index is 0.0710. The lowest BCUT2D eigenvalue weighted by Gasteiger charge is -2.30. The monoisotopic (exact) mass is 593 g/mol. The van der Waals surface area contributed by atoms with Crippen molar-refractivity contribution in [3.05, 3.63) is 11.6 Å². The minimum Gasteiger partial charge on any atom is -0.352 e. The van der Waals surface area contributed by atoms with E-state index in [4.69, 9.17) is 0 Å². The van der Waals surface area contributed by atoms with Crippen molar-refractivity contribution in [2.24, 2.45) is 11.8 Å². The van der Waals surface area contributed by atoms with Crippen molar-refractivity contribution in [1.82, 2.24) is 25.3 Å². The summed E-state index contributed by atoms with van der Waals surface area (Å²) in [7, 11) is 1.66. The first-order chi connectivity index (χ1) is 19.7. The summed E-state index contributed by atoms with van der Waals surface area (Å²) in [5.74, 6) is 0.389. The van der Waals surface area contributed by atoms with Crippen LogP contribution in [0.15, 0.2) is 11.6 Å². The second-order valence-electron chi connectivity index (χ2n) is 13.0. The number of carbonyl (C=O) groups is 4. The molecule has 0 spiro atoms. The molecule has 2 saturated heterocycles. The van der Waals surface area contributed by atoms with Gasteiger partial charge in [0.15, 0.2) is 0 Å². The summed E-state index contributed by atoms with van der Waals surface area (Å²) < 4.78 is 0. The number of nitrogens with one attached hydrogen (secondary N) is 2. The maximum absolute atomic E-state index is 13.1. The number of carbonyl (C=O) groups excluding carboxylic acids is 4. The number of likely N-dealkylation sites (tertiary alicyclic amines) is 2. The van der Waals surface area contributed by atoms with Crippen molar-refractivity contribution in [3.8, 4) is 0 Å². The van der Waals surface area contributed by atoms with Gasteiger partial charge in [0.25, 0.3) is 0 Å². The molecule has 9 nitrogen and oxygen atoms in total. The first-order valence-corrected chi connectivity index (χ1v) is 16.1. The molecular formula is C33H63N5O4. The molecule has 2 heterocycles. The van der Waals surface area contributed by atoms with E-state index in [-0.39, 0.29) is 42.3 Å². The summed E-state index contributed by atoms with van der Waals surface area (Å²) in [6, 6.07) is 0.0929. The van der Waals surface area contributed by atoms with Crippen LogP contribution in [0.1, 0.15) is 108 Å². The zero-order chi connectivity index (χ0) is 32.4. The molecule has 0 aromatic rings. The smallest absolute Gasteiger partial charge is 0.249 e. The summed E-state index contributed by atoms with van der Waals surface area (Å²) in [6.45, 7) is 23.8. The number of hydrogen-bond acceptors (Lipinski definition) is 5. The Morgan fingerprint density at radius 2 is 1.50 bits per heavy atom. The molecule has 2 N–H and O–H groups in total. The highest BCUT2D eigenvalue weighted by Crippen LogP contribution is 2.22. The van der Waals surface area contributed by atoms with Crippen LogP contribution in [0.3, 0.4) is 0 Å². The molecule has 2 aliphatic heterocycles. The molecule has 0 bridgehead atoms. The van der Waals surface area contributed by atoms with Gasteiger partial charge < -0.3 is 25.3 Å². The molecule has 0 aromatic carbocycles. The number of hydrogen-bond donors (Lipinski definition) is 2. The van der Waals surface area contributed by atoms with E-state index in [0.29, 0.717) is 24.9 Å². The summed E-state index contributed by atoms with van der Waals surface area (Å²) in [5, 5.41) is 5.34. The highest BCUT2D eigenvalue weighted by atomic mass is 16.2. The molecule has 244 valence electrons. The molecule has 0 saturated carbocycles. The topological polar surface area (TPSA) is 102 Å². The zero-order valence-electron chi connectivity index (χ0n) is 28.7. The maximum Gasteiger partial charge on any atom is 0.249 e. The number of likely N-dealkylation sites (N-methyl/N-ethyl adjacent to an activating group) is 1. The lowest BCUT2D eigenvalue weighted by atomic mass is 9.99. The SMILES string of the molecule is CC(C)C.CC(C)N1CCCCC1.CC[C@@H](C)NC(=O)[C@@H]1CCCN1C(=O)/C(C)=C/[C@H](C(C)C)N(C)C(=O)CNC=O. The van der Waals surface area contributed by atoms with E-state index < -0.39 is 6.04 Å². The maximum atomic E-state index is 13.1. The highest BCUT2D eigenvalue weighted by Gasteiger charge is 2.35. The van der Waals surface area contributed by atoms with E-state index in [1.807, 2.05) is 27.7 Å². The van der Waals surface area contributed by atoms with Crippen LogP contribution in [0.25, 0.3) is 0 Å². The molecule has 0 unspecified atom stereocenters. The van der Waals surface area contributed by atoms with E-state index >= 15 is 0 Å². The second kappa shape index (κ2) is 21.3. The third-order valence-corrected chi connectivity index (χ3v) is 7.56. The van der Waals surface area contributed by atoms with Crippen LogP contribution >= 0.6 is 0 Å². The molecule has 2 fully saturated rings. The molecule has 9 heteroatoms. The van der Waals surface area contributed by atoms with E-state index in [1.165, 1.54) is 37.3 Å². The van der Waals surface area contributed by atoms with Gasteiger partial charge in [0.1, 0.15) is 6.04 Å². The Balaban J connectivity index is 0.00000106. The normalized spacial score (nSPS) is 18.9. The van der Waals surface area contributed by atoms with Crippen LogP contribution in [-0.2, 0) is 19.2 Å². The van der Waals surface area contributed by atoms with E-state index in [1.54, 1.807) is 24.9 Å². The Hall–Kier alpha value is -2.42. The molecule has 0 radical (unpaired) electrons. The predicted octanol–water partition coefficient (Wildman–Crippen LogP) is 4.61. The van der Waals surface area contributed by atoms with E-state index in [9.17, 15) is 19.2 Å². The number of piperidine rings is 1. The van der Waals surface area contributed by atoms with E-state index in [0.717, 1.165) is 24.8 Å². The Labute approximate surface area is 257 Å². The highest BCUT2D eigenvalue weighted by molar-refractivity contribution is 5.97. The van der Waals surface area contributed by atoms with Crippen LogP contribution in [0.2, 0.25) is 0 Å². The molecule has 0 aliphatic carbocycles. The summed E-state index contributed by atoms with van der Waals surface area (Å²) in [5.41, 5.74) is 0.509. The fourth-order valence-electron chi connectivity index (χ4n) is 4.88. The minimum atomic E-state index is -0.450. The largest absolute Gasteiger partial charge is 0.352 e. The summed E-state index contributed by atoms with van der Waals surface area (Å²) in [6.07, 6.45) is 8.83. The van der Waals surface area contributed by atoms with Gasteiger partial charge in [-0.05, 0) is 84.7 Å². The van der Waals surface area contributed by atoms with E-state index in [2.05, 4.69) is 50.2 Å². The summed E-state index contributed by atoms with van der Waals surface area (Å²) >= 11 is 0. The lowest BCUT2D eigenvalue weighted by Crippen LogP contribution is -2.48. The van der Waals surface area contributed by atoms with Gasteiger partial charge >= 0.3 is 0 Å². The zero-order valence-corrected chi connectivity index (χ0v) is 28.7. The number of rotatable bonds is 11. The number of nitrogens with zero attached hydrogens (tertiary/aromatic N) is 3. The van der Waals surface area contributed by atoms with Crippen molar-refractivity contribution in [2.45, 2.75) is 132 Å². The van der Waals surface area contributed by atoms with Gasteiger partial charge in [0.05, 0.1) is 12.6 Å². The summed E-state index contributed by atoms with van der Waals surface area (Å²) in [4.78, 5) is 54.1. The Morgan fingerprint density at radius 1 is 0.929 bits per heavy atom. The average Bonchev–Trinajstić information content (AvgIpc) is 3.44. The van der Waals surface area contributed by atoms with Gasteiger partial charge in [-0.15, -0.1) is 0 Å². The lowest BCUT2D eigenvalue weighted by molar-refractivity contribution is -0.136. The van der Waals surface area contributed by atoms with Crippen molar-refractivity contribution < 1.29 is 19.2 Å². The fraction of sp³-hybridized carbons (Fsp3) is 0.818. The van der Waals surface area contributed by atoms with Crippen LogP contribution in [-0.4, -0.2) is 96.2 Å². The molecule has 2 aliphatic rings. The molecule has 0 aromatic heterocycles. The van der Waals surface area contributed by atoms with Crippen molar-refractivity contribution in [3.63, 3.8) is 0 Å². The van der Waals surface area contributed by atoms with Crippen LogP contribution in [0, 0.1) is 11.8 Å². The quantitative estimate of drug-likeness (QED) is 0.269. The average molecular weight is 594 g/mol. The second-order valence-corrected chi connectivity index (χ2v) is 13.0. The molecule has 4 amide bonds. The molecular weight excluding hydrogens is 530 g/mol. The molecule has 42 heavy (non-hydrogen) atoms. The van der Waals surface area contributed by atoms with Gasteiger partial charge in [-0.25, -0.2) is 0 Å². The van der Waals surface area contributed by atoms with Crippen LogP contribution in [0.4, 0.5) is 0 Å². The third kappa shape index (κ3) is 15.2. The van der Waals surface area contributed by atoms with Crippen molar-refractivity contribution >= 4 is 24.1 Å². The Bertz CT molecular complexity index is 834. The van der Waals surface area contributed by atoms with Crippen LogP contribution < -0.4 is 10.6 Å². The standard InChI is InChI=1S/C21H36N4O4.C8H17N.C4H10/c1-7-16(5)23-20(28)17-9-8-10-25(17)21(29)15(4)11-18(14(2)3)24(6)19(27)12-22-13-26;1-8(2)9-6-4-3-5-7-9;1-4(2)3/h11,13-14,16-18H,7-10,12H2,1-6H3,(H,22,26)(H,23,28);8H,3-7H2,1-2H3;4H,1-3H3/b15-11+;;/t16-,17+,18-;;/m1../s1. The van der Waals surface area contributed by atoms with Crippen molar-refractivity contribution in [2.75, 3.05) is 33.2 Å². The van der Waals surface area contributed by atoms with Gasteiger partial charge in [-0.1, -0.05) is 54.0 Å².